The number of ether oxygens (including phenoxy) is 1. The highest BCUT2D eigenvalue weighted by Crippen LogP contribution is 2.34. The fourth-order valence-corrected chi connectivity index (χ4v) is 3.61. The zero-order chi connectivity index (χ0) is 21.8. The van der Waals surface area contributed by atoms with Crippen molar-refractivity contribution >= 4 is 17.2 Å². The summed E-state index contributed by atoms with van der Waals surface area (Å²) < 4.78 is 21.1. The van der Waals surface area contributed by atoms with Crippen LogP contribution >= 0.6 is 0 Å². The second kappa shape index (κ2) is 9.60. The van der Waals surface area contributed by atoms with Crippen molar-refractivity contribution in [3.8, 4) is 0 Å². The second-order valence-corrected chi connectivity index (χ2v) is 9.13. The van der Waals surface area contributed by atoms with Crippen LogP contribution in [0.25, 0.3) is 11.1 Å². The Morgan fingerprint density at radius 1 is 1.31 bits per heavy atom. The highest BCUT2D eigenvalue weighted by Gasteiger charge is 2.25. The molecule has 0 atom stereocenters. The van der Waals surface area contributed by atoms with Crippen LogP contribution in [0.4, 0.5) is 9.18 Å². The predicted octanol–water partition coefficient (Wildman–Crippen LogP) is 7.00. The average Bonchev–Trinajstić information content (AvgIpc) is 2.63. The number of carbonyl (C=O) groups excluding carboxylic acids is 1. The van der Waals surface area contributed by atoms with Gasteiger partial charge >= 0.3 is 6.09 Å². The first-order chi connectivity index (χ1) is 13.5. The maximum Gasteiger partial charge on any atom is 0.410 e. The molecule has 4 heteroatoms. The van der Waals surface area contributed by atoms with Crippen LogP contribution < -0.4 is 0 Å². The van der Waals surface area contributed by atoms with E-state index in [0.717, 1.165) is 35.1 Å². The quantitative estimate of drug-likeness (QED) is 0.532. The Bertz CT molecular complexity index is 800. The lowest BCUT2D eigenvalue weighted by Gasteiger charge is -2.30. The number of nitrogens with zero attached hydrogens (tertiary/aromatic N) is 1. The predicted molar refractivity (Wildman–Crippen MR) is 119 cm³/mol. The van der Waals surface area contributed by atoms with Crippen LogP contribution in [0.15, 0.2) is 24.3 Å². The molecule has 1 aliphatic heterocycles. The van der Waals surface area contributed by atoms with Gasteiger partial charge in [-0.2, -0.15) is 0 Å². The number of benzene rings is 1. The van der Waals surface area contributed by atoms with E-state index in [4.69, 9.17) is 4.74 Å². The molecule has 0 saturated carbocycles. The number of amides is 1. The summed E-state index contributed by atoms with van der Waals surface area (Å²) in [5.74, 6) is 0.117. The van der Waals surface area contributed by atoms with Crippen LogP contribution in [0.2, 0.25) is 0 Å². The lowest BCUT2D eigenvalue weighted by atomic mass is 9.87. The van der Waals surface area contributed by atoms with Gasteiger partial charge in [-0.1, -0.05) is 51.5 Å². The molecular weight excluding hydrogens is 365 g/mol. The lowest BCUT2D eigenvalue weighted by Crippen LogP contribution is -2.39. The van der Waals surface area contributed by atoms with E-state index in [1.807, 2.05) is 45.9 Å². The van der Waals surface area contributed by atoms with E-state index in [9.17, 15) is 4.79 Å². The van der Waals surface area contributed by atoms with Crippen molar-refractivity contribution in [1.82, 2.24) is 4.90 Å². The number of unbranched alkanes of at least 4 members (excludes halogenated alkanes) is 1. The normalized spacial score (nSPS) is 15.6. The van der Waals surface area contributed by atoms with Gasteiger partial charge in [0.15, 0.2) is 0 Å². The Labute approximate surface area is 175 Å². The highest BCUT2D eigenvalue weighted by atomic mass is 19.1. The summed E-state index contributed by atoms with van der Waals surface area (Å²) in [6, 6.07) is 3.89. The number of halogens is 1. The Hall–Kier alpha value is -2.10. The van der Waals surface area contributed by atoms with Crippen LogP contribution in [-0.4, -0.2) is 29.7 Å². The van der Waals surface area contributed by atoms with Gasteiger partial charge in [-0.05, 0) is 63.2 Å². The molecule has 160 valence electrons. The van der Waals surface area contributed by atoms with E-state index >= 15 is 4.39 Å². The molecule has 0 aliphatic carbocycles. The van der Waals surface area contributed by atoms with Gasteiger partial charge in [0.05, 0.1) is 0 Å². The van der Waals surface area contributed by atoms with Gasteiger partial charge in [-0.3, -0.25) is 0 Å². The summed E-state index contributed by atoms with van der Waals surface area (Å²) >= 11 is 0. The molecule has 0 N–H and O–H groups in total. The van der Waals surface area contributed by atoms with Gasteiger partial charge in [-0.15, -0.1) is 0 Å². The van der Waals surface area contributed by atoms with Crippen molar-refractivity contribution < 1.29 is 13.9 Å². The van der Waals surface area contributed by atoms with Crippen molar-refractivity contribution in [3.05, 3.63) is 46.8 Å². The molecule has 0 unspecified atom stereocenters. The van der Waals surface area contributed by atoms with E-state index < -0.39 is 5.60 Å². The summed E-state index contributed by atoms with van der Waals surface area (Å²) in [5, 5.41) is 0. The van der Waals surface area contributed by atoms with E-state index in [-0.39, 0.29) is 17.8 Å². The molecule has 1 amide bonds. The zero-order valence-electron chi connectivity index (χ0n) is 19.1. The first-order valence-electron chi connectivity index (χ1n) is 10.7. The van der Waals surface area contributed by atoms with Crippen LogP contribution in [0.5, 0.6) is 0 Å². The van der Waals surface area contributed by atoms with Crippen molar-refractivity contribution in [2.24, 2.45) is 5.92 Å². The Balaban J connectivity index is 2.32. The Morgan fingerprint density at radius 3 is 2.52 bits per heavy atom. The van der Waals surface area contributed by atoms with Crippen LogP contribution in [0.1, 0.15) is 77.5 Å². The second-order valence-electron chi connectivity index (χ2n) is 9.13. The molecule has 29 heavy (non-hydrogen) atoms. The summed E-state index contributed by atoms with van der Waals surface area (Å²) in [6.45, 7) is 14.9. The highest BCUT2D eigenvalue weighted by molar-refractivity contribution is 5.77. The fraction of sp³-hybridized carbons (Fsp3) is 0.560. The number of carbonyl (C=O) groups is 1. The maximum atomic E-state index is 15.6. The van der Waals surface area contributed by atoms with Crippen molar-refractivity contribution in [2.45, 2.75) is 73.3 Å². The molecule has 2 rings (SSSR count). The van der Waals surface area contributed by atoms with Gasteiger partial charge in [-0.25, -0.2) is 9.18 Å². The number of allylic oxidation sites excluding steroid dienone is 2. The number of aryl methyl sites for hydroxylation is 1. The minimum Gasteiger partial charge on any atom is -0.444 e. The number of rotatable bonds is 5. The number of hydrogen-bond donors (Lipinski definition) is 0. The summed E-state index contributed by atoms with van der Waals surface area (Å²) in [4.78, 5) is 13.9. The topological polar surface area (TPSA) is 29.5 Å². The van der Waals surface area contributed by atoms with Gasteiger partial charge in [0.1, 0.15) is 11.4 Å². The SMILES string of the molecule is CCC/C=C(\c1c(C)ccc(C2=CCN(C(=O)OC(C)(C)C)CC2)c1F)C(C)C. The van der Waals surface area contributed by atoms with Crippen molar-refractivity contribution in [1.29, 1.82) is 0 Å². The molecule has 0 aromatic heterocycles. The first kappa shape index (κ1) is 23.2. The zero-order valence-corrected chi connectivity index (χ0v) is 19.1. The maximum absolute atomic E-state index is 15.6. The lowest BCUT2D eigenvalue weighted by molar-refractivity contribution is 0.0270. The van der Waals surface area contributed by atoms with E-state index in [1.165, 1.54) is 0 Å². The monoisotopic (exact) mass is 401 g/mol. The van der Waals surface area contributed by atoms with E-state index in [0.29, 0.717) is 25.1 Å². The molecule has 3 nitrogen and oxygen atoms in total. The first-order valence-corrected chi connectivity index (χ1v) is 10.7. The molecule has 0 radical (unpaired) electrons. The van der Waals surface area contributed by atoms with Gasteiger partial charge in [0.2, 0.25) is 0 Å². The summed E-state index contributed by atoms with van der Waals surface area (Å²) in [6.07, 6.45) is 6.43. The van der Waals surface area contributed by atoms with Crippen LogP contribution in [0.3, 0.4) is 0 Å². The molecule has 1 heterocycles. The average molecular weight is 402 g/mol. The standard InChI is InChI=1S/C25H36FNO2/c1-8-9-10-20(17(2)3)22-18(4)11-12-21(23(22)26)19-13-15-27(16-14-19)24(28)29-25(5,6)7/h10-13,17H,8-9,14-16H2,1-7H3/b20-10-. The molecule has 0 bridgehead atoms. The van der Waals surface area contributed by atoms with Gasteiger partial charge in [0, 0.05) is 24.2 Å². The molecule has 0 saturated heterocycles. The summed E-state index contributed by atoms with van der Waals surface area (Å²) in [5.41, 5.74) is 3.88. The third kappa shape index (κ3) is 5.94. The third-order valence-corrected chi connectivity index (χ3v) is 5.12. The van der Waals surface area contributed by atoms with Crippen LogP contribution in [-0.2, 0) is 4.74 Å². The summed E-state index contributed by atoms with van der Waals surface area (Å²) in [7, 11) is 0. The largest absolute Gasteiger partial charge is 0.444 e. The smallest absolute Gasteiger partial charge is 0.410 e. The van der Waals surface area contributed by atoms with Gasteiger partial charge < -0.3 is 9.64 Å². The van der Waals surface area contributed by atoms with Crippen molar-refractivity contribution in [2.75, 3.05) is 13.1 Å². The molecule has 1 aliphatic rings. The van der Waals surface area contributed by atoms with E-state index in [1.54, 1.807) is 4.90 Å². The van der Waals surface area contributed by atoms with E-state index in [2.05, 4.69) is 26.8 Å². The van der Waals surface area contributed by atoms with Crippen molar-refractivity contribution in [3.63, 3.8) is 0 Å². The molecule has 1 aromatic carbocycles. The molecule has 0 spiro atoms. The van der Waals surface area contributed by atoms with Crippen LogP contribution in [0, 0.1) is 18.7 Å². The number of hydrogen-bond acceptors (Lipinski definition) is 2. The van der Waals surface area contributed by atoms with Gasteiger partial charge in [0.25, 0.3) is 0 Å². The Morgan fingerprint density at radius 2 is 2.00 bits per heavy atom. The third-order valence-electron chi connectivity index (χ3n) is 5.12. The molecule has 0 fully saturated rings. The Kier molecular flexibility index (Phi) is 7.67. The minimum absolute atomic E-state index is 0.141. The molecular formula is C25H36FNO2. The molecule has 1 aromatic rings. The fourth-order valence-electron chi connectivity index (χ4n) is 3.61. The minimum atomic E-state index is -0.517.